The van der Waals surface area contributed by atoms with Gasteiger partial charge in [0, 0.05) is 21.9 Å². The predicted molar refractivity (Wildman–Crippen MR) is 113 cm³/mol. The highest BCUT2D eigenvalue weighted by Crippen LogP contribution is 2.29. The normalized spacial score (nSPS) is 14.8. The monoisotopic (exact) mass is 406 g/mol. The van der Waals surface area contributed by atoms with Gasteiger partial charge in [-0.25, -0.2) is 4.79 Å². The zero-order valence-electron chi connectivity index (χ0n) is 16.2. The summed E-state index contributed by atoms with van der Waals surface area (Å²) in [5, 5.41) is 0.865. The van der Waals surface area contributed by atoms with Crippen LogP contribution in [0.15, 0.2) is 50.5 Å². The third-order valence-corrected chi connectivity index (χ3v) is 6.83. The van der Waals surface area contributed by atoms with Crippen LogP contribution in [0.1, 0.15) is 40.7 Å². The summed E-state index contributed by atoms with van der Waals surface area (Å²) in [6.07, 6.45) is 6.69. The molecule has 0 saturated carbocycles. The molecule has 0 saturated heterocycles. The summed E-state index contributed by atoms with van der Waals surface area (Å²) in [7, 11) is 0. The fourth-order valence-electron chi connectivity index (χ4n) is 4.39. The topological polar surface area (TPSA) is 56.5 Å². The average molecular weight is 407 g/mol. The number of aryl methyl sites for hydroxylation is 4. The Morgan fingerprint density at radius 1 is 0.931 bits per heavy atom. The van der Waals surface area contributed by atoms with E-state index in [-0.39, 0.29) is 18.3 Å². The summed E-state index contributed by atoms with van der Waals surface area (Å²) < 4.78 is 10.9. The molecule has 148 valence electrons. The van der Waals surface area contributed by atoms with E-state index in [1.807, 2.05) is 6.07 Å². The number of esters is 1. The maximum absolute atomic E-state index is 12.3. The fourth-order valence-corrected chi connectivity index (χ4v) is 5.15. The summed E-state index contributed by atoms with van der Waals surface area (Å²) in [4.78, 5) is 25.3. The van der Waals surface area contributed by atoms with Crippen molar-refractivity contribution in [3.8, 4) is 0 Å². The Morgan fingerprint density at radius 3 is 2.48 bits per heavy atom. The van der Waals surface area contributed by atoms with Crippen LogP contribution in [0.4, 0.5) is 0 Å². The molecule has 4 nitrogen and oxygen atoms in total. The number of rotatable bonds is 5. The van der Waals surface area contributed by atoms with Crippen molar-refractivity contribution >= 4 is 28.7 Å². The molecule has 3 aromatic rings. The van der Waals surface area contributed by atoms with Crippen molar-refractivity contribution in [1.29, 1.82) is 0 Å². The minimum absolute atomic E-state index is 0.0878. The Bertz CT molecular complexity index is 1160. The van der Waals surface area contributed by atoms with E-state index >= 15 is 0 Å². The van der Waals surface area contributed by atoms with Crippen LogP contribution < -0.4 is 5.63 Å². The highest BCUT2D eigenvalue weighted by atomic mass is 32.2. The predicted octanol–water partition coefficient (Wildman–Crippen LogP) is 4.61. The lowest BCUT2D eigenvalue weighted by Crippen LogP contribution is -2.09. The molecule has 2 aliphatic rings. The van der Waals surface area contributed by atoms with Crippen molar-refractivity contribution in [2.24, 2.45) is 0 Å². The van der Waals surface area contributed by atoms with E-state index in [0.29, 0.717) is 11.1 Å². The summed E-state index contributed by atoms with van der Waals surface area (Å²) in [5.41, 5.74) is 6.26. The van der Waals surface area contributed by atoms with Crippen molar-refractivity contribution in [2.45, 2.75) is 50.0 Å². The number of hydrogen-bond acceptors (Lipinski definition) is 5. The molecule has 2 aromatic carbocycles. The van der Waals surface area contributed by atoms with Gasteiger partial charge in [-0.1, -0.05) is 6.07 Å². The van der Waals surface area contributed by atoms with Crippen LogP contribution in [0.25, 0.3) is 11.0 Å². The second-order valence-electron chi connectivity index (χ2n) is 7.79. The molecule has 0 spiro atoms. The minimum atomic E-state index is -0.408. The molecule has 0 fully saturated rings. The lowest BCUT2D eigenvalue weighted by atomic mass is 10.0. The van der Waals surface area contributed by atoms with Gasteiger partial charge in [-0.15, -0.1) is 11.8 Å². The number of ether oxygens (including phenoxy) is 1. The Balaban J connectivity index is 1.26. The number of carbonyl (C=O) groups excluding carboxylic acids is 1. The van der Waals surface area contributed by atoms with Crippen LogP contribution in [0, 0.1) is 0 Å². The number of fused-ring (bicyclic) bond motifs is 3. The van der Waals surface area contributed by atoms with E-state index in [1.54, 1.807) is 0 Å². The van der Waals surface area contributed by atoms with E-state index in [2.05, 4.69) is 24.3 Å². The molecule has 29 heavy (non-hydrogen) atoms. The summed E-state index contributed by atoms with van der Waals surface area (Å²) in [5.74, 6) is -0.0221. The largest absolute Gasteiger partial charge is 0.460 e. The third-order valence-electron chi connectivity index (χ3n) is 5.86. The lowest BCUT2D eigenvalue weighted by molar-refractivity contribution is -0.141. The zero-order chi connectivity index (χ0) is 19.8. The first-order valence-corrected chi connectivity index (χ1v) is 11.1. The molecule has 0 radical (unpaired) electrons. The van der Waals surface area contributed by atoms with Crippen molar-refractivity contribution in [2.75, 3.05) is 5.75 Å². The first-order valence-electron chi connectivity index (χ1n) is 10.1. The van der Waals surface area contributed by atoms with Crippen molar-refractivity contribution < 1.29 is 13.9 Å². The van der Waals surface area contributed by atoms with Crippen molar-refractivity contribution in [3.63, 3.8) is 0 Å². The van der Waals surface area contributed by atoms with E-state index in [1.165, 1.54) is 46.5 Å². The van der Waals surface area contributed by atoms with Gasteiger partial charge < -0.3 is 9.15 Å². The van der Waals surface area contributed by atoms with Gasteiger partial charge in [0.05, 0.1) is 5.75 Å². The standard InChI is InChI=1S/C24H22O4S/c25-23-12-19(21-10-17-5-2-6-18(17)11-22(21)28-23)13-27-24(26)14-29-20-8-7-15-3-1-4-16(15)9-20/h7-12H,1-6,13-14H2. The highest BCUT2D eigenvalue weighted by Gasteiger charge is 2.16. The van der Waals surface area contributed by atoms with Gasteiger partial charge in [0.15, 0.2) is 0 Å². The van der Waals surface area contributed by atoms with Gasteiger partial charge in [0.2, 0.25) is 0 Å². The molecule has 2 aliphatic carbocycles. The highest BCUT2D eigenvalue weighted by molar-refractivity contribution is 8.00. The van der Waals surface area contributed by atoms with E-state index in [4.69, 9.17) is 9.15 Å². The Morgan fingerprint density at radius 2 is 1.66 bits per heavy atom. The first-order chi connectivity index (χ1) is 14.2. The maximum Gasteiger partial charge on any atom is 0.336 e. The van der Waals surface area contributed by atoms with E-state index in [0.717, 1.165) is 42.4 Å². The van der Waals surface area contributed by atoms with Crippen LogP contribution in [0.5, 0.6) is 0 Å². The SMILES string of the molecule is O=C(CSc1ccc2c(c1)CCC2)OCc1cc(=O)oc2cc3c(cc12)CCC3. The van der Waals surface area contributed by atoms with Crippen LogP contribution in [0.3, 0.4) is 0 Å². The quantitative estimate of drug-likeness (QED) is 0.352. The van der Waals surface area contributed by atoms with Gasteiger partial charge in [-0.3, -0.25) is 4.79 Å². The summed E-state index contributed by atoms with van der Waals surface area (Å²) in [6.45, 7) is 0.0878. The zero-order valence-corrected chi connectivity index (χ0v) is 17.0. The molecular weight excluding hydrogens is 384 g/mol. The van der Waals surface area contributed by atoms with Crippen molar-refractivity contribution in [3.05, 3.63) is 74.6 Å². The molecule has 0 bridgehead atoms. The van der Waals surface area contributed by atoms with E-state index < -0.39 is 5.63 Å². The van der Waals surface area contributed by atoms with Gasteiger partial charge in [-0.05, 0) is 85.0 Å². The van der Waals surface area contributed by atoms with Gasteiger partial charge in [-0.2, -0.15) is 0 Å². The van der Waals surface area contributed by atoms with Crippen LogP contribution in [-0.4, -0.2) is 11.7 Å². The summed E-state index contributed by atoms with van der Waals surface area (Å²) in [6, 6.07) is 11.9. The average Bonchev–Trinajstić information content (AvgIpc) is 3.37. The Hall–Kier alpha value is -2.53. The number of carbonyl (C=O) groups is 1. The molecule has 5 rings (SSSR count). The minimum Gasteiger partial charge on any atom is -0.460 e. The lowest BCUT2D eigenvalue weighted by Gasteiger charge is -2.09. The van der Waals surface area contributed by atoms with Crippen molar-refractivity contribution in [1.82, 2.24) is 0 Å². The number of benzene rings is 2. The maximum atomic E-state index is 12.3. The summed E-state index contributed by atoms with van der Waals surface area (Å²) >= 11 is 1.50. The molecular formula is C24H22O4S. The second-order valence-corrected chi connectivity index (χ2v) is 8.84. The Kier molecular flexibility index (Phi) is 4.92. The molecule has 0 amide bonds. The van der Waals surface area contributed by atoms with Gasteiger partial charge in [0.1, 0.15) is 12.2 Å². The molecule has 5 heteroatoms. The third kappa shape index (κ3) is 3.84. The smallest absolute Gasteiger partial charge is 0.336 e. The molecule has 0 aliphatic heterocycles. The van der Waals surface area contributed by atoms with Gasteiger partial charge >= 0.3 is 11.6 Å². The number of hydrogen-bond donors (Lipinski definition) is 0. The molecule has 1 heterocycles. The van der Waals surface area contributed by atoms with Crippen LogP contribution in [0.2, 0.25) is 0 Å². The molecule has 0 unspecified atom stereocenters. The van der Waals surface area contributed by atoms with Crippen LogP contribution in [-0.2, 0) is 41.8 Å². The fraction of sp³-hybridized carbons (Fsp3) is 0.333. The molecule has 1 aromatic heterocycles. The second kappa shape index (κ2) is 7.71. The first kappa shape index (κ1) is 18.5. The van der Waals surface area contributed by atoms with Crippen LogP contribution >= 0.6 is 11.8 Å². The van der Waals surface area contributed by atoms with Gasteiger partial charge in [0.25, 0.3) is 0 Å². The number of thioether (sulfide) groups is 1. The Labute approximate surface area is 173 Å². The molecule has 0 N–H and O–H groups in total. The molecule has 0 atom stereocenters. The van der Waals surface area contributed by atoms with E-state index in [9.17, 15) is 9.59 Å².